The van der Waals surface area contributed by atoms with Crippen LogP contribution >= 0.6 is 0 Å². The number of likely N-dealkylation sites (tertiary alicyclic amines) is 1. The number of aryl methyl sites for hydroxylation is 1. The third-order valence-electron chi connectivity index (χ3n) is 4.50. The Kier molecular flexibility index (Phi) is 4.94. The molecular formula is C20H22N2O2. The first kappa shape index (κ1) is 16.2. The fourth-order valence-corrected chi connectivity index (χ4v) is 3.12. The van der Waals surface area contributed by atoms with Gasteiger partial charge in [0.1, 0.15) is 0 Å². The fourth-order valence-electron chi connectivity index (χ4n) is 3.12. The van der Waals surface area contributed by atoms with E-state index >= 15 is 0 Å². The first-order valence-corrected chi connectivity index (χ1v) is 8.36. The molecule has 0 saturated carbocycles. The highest BCUT2D eigenvalue weighted by molar-refractivity contribution is 5.97. The van der Waals surface area contributed by atoms with Crippen molar-refractivity contribution in [3.8, 4) is 0 Å². The molecule has 0 aliphatic carbocycles. The summed E-state index contributed by atoms with van der Waals surface area (Å²) in [5.74, 6) is -0.152. The molecule has 1 atom stereocenters. The zero-order chi connectivity index (χ0) is 16.9. The van der Waals surface area contributed by atoms with Gasteiger partial charge in [0.15, 0.2) is 0 Å². The smallest absolute Gasteiger partial charge is 0.254 e. The highest BCUT2D eigenvalue weighted by Crippen LogP contribution is 2.21. The van der Waals surface area contributed by atoms with Gasteiger partial charge in [-0.15, -0.1) is 0 Å². The van der Waals surface area contributed by atoms with Gasteiger partial charge >= 0.3 is 0 Å². The lowest BCUT2D eigenvalue weighted by atomic mass is 9.96. The van der Waals surface area contributed by atoms with E-state index in [4.69, 9.17) is 0 Å². The quantitative estimate of drug-likeness (QED) is 0.940. The van der Waals surface area contributed by atoms with Gasteiger partial charge in [-0.05, 0) is 43.5 Å². The van der Waals surface area contributed by atoms with Crippen LogP contribution < -0.4 is 5.32 Å². The Morgan fingerprint density at radius 3 is 2.50 bits per heavy atom. The van der Waals surface area contributed by atoms with Crippen LogP contribution in [0.4, 0.5) is 5.69 Å². The molecule has 3 rings (SSSR count). The largest absolute Gasteiger partial charge is 0.338 e. The van der Waals surface area contributed by atoms with Crippen LogP contribution in [0.25, 0.3) is 0 Å². The number of carbonyl (C=O) groups is 2. The minimum absolute atomic E-state index is 0.0107. The molecule has 0 radical (unpaired) electrons. The van der Waals surface area contributed by atoms with Gasteiger partial charge in [-0.25, -0.2) is 0 Å². The first-order valence-electron chi connectivity index (χ1n) is 8.36. The van der Waals surface area contributed by atoms with Crippen molar-refractivity contribution in [2.24, 2.45) is 5.92 Å². The molecule has 24 heavy (non-hydrogen) atoms. The molecule has 2 aromatic rings. The van der Waals surface area contributed by atoms with Gasteiger partial charge in [0.05, 0.1) is 5.92 Å². The number of carbonyl (C=O) groups excluding carboxylic acids is 2. The molecule has 124 valence electrons. The molecule has 1 heterocycles. The van der Waals surface area contributed by atoms with Gasteiger partial charge in [-0.3, -0.25) is 9.59 Å². The summed E-state index contributed by atoms with van der Waals surface area (Å²) in [6.45, 7) is 3.13. The molecule has 0 unspecified atom stereocenters. The SMILES string of the molecule is Cc1ccccc1C(=O)N1CCC[C@H](C(=O)Nc2ccccc2)C1. The number of hydrogen-bond donors (Lipinski definition) is 1. The molecule has 4 heteroatoms. The van der Waals surface area contributed by atoms with E-state index < -0.39 is 0 Å². The lowest BCUT2D eigenvalue weighted by molar-refractivity contribution is -0.121. The van der Waals surface area contributed by atoms with E-state index in [2.05, 4.69) is 5.32 Å². The van der Waals surface area contributed by atoms with E-state index in [0.717, 1.165) is 29.7 Å². The van der Waals surface area contributed by atoms with Crippen molar-refractivity contribution in [2.75, 3.05) is 18.4 Å². The molecule has 0 spiro atoms. The summed E-state index contributed by atoms with van der Waals surface area (Å²) >= 11 is 0. The highest BCUT2D eigenvalue weighted by Gasteiger charge is 2.29. The summed E-state index contributed by atoms with van der Waals surface area (Å²) in [4.78, 5) is 27.0. The zero-order valence-corrected chi connectivity index (χ0v) is 13.9. The van der Waals surface area contributed by atoms with Crippen LogP contribution in [0.2, 0.25) is 0 Å². The maximum absolute atomic E-state index is 12.7. The molecule has 1 aliphatic rings. The van der Waals surface area contributed by atoms with Gasteiger partial charge < -0.3 is 10.2 Å². The molecular weight excluding hydrogens is 300 g/mol. The Morgan fingerprint density at radius 2 is 1.75 bits per heavy atom. The Balaban J connectivity index is 1.67. The predicted molar refractivity (Wildman–Crippen MR) is 94.9 cm³/mol. The summed E-state index contributed by atoms with van der Waals surface area (Å²) < 4.78 is 0. The maximum atomic E-state index is 12.7. The second-order valence-corrected chi connectivity index (χ2v) is 6.26. The van der Waals surface area contributed by atoms with Crippen LogP contribution in [0.15, 0.2) is 54.6 Å². The number of nitrogens with one attached hydrogen (secondary N) is 1. The van der Waals surface area contributed by atoms with Gasteiger partial charge in [0.2, 0.25) is 5.91 Å². The number of anilines is 1. The average Bonchev–Trinajstić information content (AvgIpc) is 2.62. The van der Waals surface area contributed by atoms with Crippen molar-refractivity contribution in [1.82, 2.24) is 4.90 Å². The van der Waals surface area contributed by atoms with Crippen LogP contribution in [0, 0.1) is 12.8 Å². The van der Waals surface area contributed by atoms with Crippen molar-refractivity contribution < 1.29 is 9.59 Å². The standard InChI is InChI=1S/C20H22N2O2/c1-15-8-5-6-12-18(15)20(24)22-13-7-9-16(14-22)19(23)21-17-10-3-2-4-11-17/h2-6,8,10-12,16H,7,9,13-14H2,1H3,(H,21,23)/t16-/m0/s1. The van der Waals surface area contributed by atoms with Crippen molar-refractivity contribution in [3.05, 3.63) is 65.7 Å². The summed E-state index contributed by atoms with van der Waals surface area (Å²) in [5, 5.41) is 2.95. The number of amides is 2. The molecule has 2 amide bonds. The number of nitrogens with zero attached hydrogens (tertiary/aromatic N) is 1. The number of rotatable bonds is 3. The first-order chi connectivity index (χ1) is 11.6. The van der Waals surface area contributed by atoms with E-state index in [1.807, 2.05) is 61.5 Å². The summed E-state index contributed by atoms with van der Waals surface area (Å²) in [5.41, 5.74) is 2.49. The van der Waals surface area contributed by atoms with E-state index in [1.165, 1.54) is 0 Å². The minimum atomic E-state index is -0.160. The molecule has 1 aliphatic heterocycles. The second kappa shape index (κ2) is 7.30. The molecule has 1 saturated heterocycles. The van der Waals surface area contributed by atoms with Crippen LogP contribution in [-0.4, -0.2) is 29.8 Å². The van der Waals surface area contributed by atoms with Crippen LogP contribution in [-0.2, 0) is 4.79 Å². The topological polar surface area (TPSA) is 49.4 Å². The van der Waals surface area contributed by atoms with Gasteiger partial charge in [0.25, 0.3) is 5.91 Å². The lowest BCUT2D eigenvalue weighted by Gasteiger charge is -2.32. The lowest BCUT2D eigenvalue weighted by Crippen LogP contribution is -2.44. The van der Waals surface area contributed by atoms with Crippen LogP contribution in [0.3, 0.4) is 0 Å². The third kappa shape index (κ3) is 3.65. The monoisotopic (exact) mass is 322 g/mol. The van der Waals surface area contributed by atoms with Crippen molar-refractivity contribution in [2.45, 2.75) is 19.8 Å². The number of para-hydroxylation sites is 1. The van der Waals surface area contributed by atoms with Crippen molar-refractivity contribution >= 4 is 17.5 Å². The molecule has 0 aromatic heterocycles. The van der Waals surface area contributed by atoms with Gasteiger partial charge in [-0.1, -0.05) is 36.4 Å². The van der Waals surface area contributed by atoms with Crippen molar-refractivity contribution in [1.29, 1.82) is 0 Å². The van der Waals surface area contributed by atoms with Gasteiger partial charge in [-0.2, -0.15) is 0 Å². The number of benzene rings is 2. The summed E-state index contributed by atoms with van der Waals surface area (Å²) in [7, 11) is 0. The fraction of sp³-hybridized carbons (Fsp3) is 0.300. The Bertz CT molecular complexity index is 727. The Labute approximate surface area is 142 Å². The third-order valence-corrected chi connectivity index (χ3v) is 4.50. The molecule has 0 bridgehead atoms. The Morgan fingerprint density at radius 1 is 1.04 bits per heavy atom. The average molecular weight is 322 g/mol. The molecule has 1 fully saturated rings. The number of piperidine rings is 1. The highest BCUT2D eigenvalue weighted by atomic mass is 16.2. The molecule has 1 N–H and O–H groups in total. The molecule has 2 aromatic carbocycles. The number of hydrogen-bond acceptors (Lipinski definition) is 2. The predicted octanol–water partition coefficient (Wildman–Crippen LogP) is 3.49. The molecule has 4 nitrogen and oxygen atoms in total. The van der Waals surface area contributed by atoms with Crippen LogP contribution in [0.5, 0.6) is 0 Å². The van der Waals surface area contributed by atoms with E-state index in [9.17, 15) is 9.59 Å². The zero-order valence-electron chi connectivity index (χ0n) is 13.9. The minimum Gasteiger partial charge on any atom is -0.338 e. The van der Waals surface area contributed by atoms with Crippen molar-refractivity contribution in [3.63, 3.8) is 0 Å². The summed E-state index contributed by atoms with van der Waals surface area (Å²) in [6.07, 6.45) is 1.67. The normalized spacial score (nSPS) is 17.4. The summed E-state index contributed by atoms with van der Waals surface area (Å²) in [6, 6.07) is 17.0. The second-order valence-electron chi connectivity index (χ2n) is 6.26. The van der Waals surface area contributed by atoms with Crippen LogP contribution in [0.1, 0.15) is 28.8 Å². The van der Waals surface area contributed by atoms with E-state index in [-0.39, 0.29) is 17.7 Å². The Hall–Kier alpha value is -2.62. The van der Waals surface area contributed by atoms with E-state index in [0.29, 0.717) is 13.1 Å². The van der Waals surface area contributed by atoms with Gasteiger partial charge in [0, 0.05) is 24.3 Å². The maximum Gasteiger partial charge on any atom is 0.254 e. The van der Waals surface area contributed by atoms with E-state index in [1.54, 1.807) is 4.90 Å².